The van der Waals surface area contributed by atoms with Gasteiger partial charge < -0.3 is 14.7 Å². The number of nitrogens with zero attached hydrogens (tertiary/aromatic N) is 2. The maximum atomic E-state index is 13.8. The highest BCUT2D eigenvalue weighted by Crippen LogP contribution is 2.51. The minimum atomic E-state index is -0.609. The number of ether oxygens (including phenoxy) is 1. The van der Waals surface area contributed by atoms with Gasteiger partial charge >= 0.3 is 0 Å². The molecular weight excluding hydrogens is 412 g/mol. The molecule has 2 aromatic rings. The van der Waals surface area contributed by atoms with Gasteiger partial charge in [-0.25, -0.2) is 0 Å². The summed E-state index contributed by atoms with van der Waals surface area (Å²) in [5.74, 6) is 0.502. The maximum absolute atomic E-state index is 13.8. The standard InChI is InChI=1S/C28H36N2O3/c1-5-6-7-16-25(32)30-22-14-10-9-13-20(22)29-21-17-28(2,3)18-23(31)26(21)27(30)19-12-8-11-15-24(19)33-4/h8-15,23,26-27,31H,5-7,16-18H2,1-4H3/t23-,26-,27+/m1/s1. The minimum Gasteiger partial charge on any atom is -0.496 e. The summed E-state index contributed by atoms with van der Waals surface area (Å²) in [6, 6.07) is 15.4. The Balaban J connectivity index is 1.92. The molecule has 1 aliphatic heterocycles. The summed E-state index contributed by atoms with van der Waals surface area (Å²) in [6.07, 6.45) is 4.23. The van der Waals surface area contributed by atoms with Gasteiger partial charge in [-0.1, -0.05) is 63.9 Å². The van der Waals surface area contributed by atoms with Gasteiger partial charge in [0.1, 0.15) is 5.75 Å². The van der Waals surface area contributed by atoms with Crippen molar-refractivity contribution in [2.75, 3.05) is 12.0 Å². The van der Waals surface area contributed by atoms with E-state index in [1.54, 1.807) is 7.11 Å². The number of para-hydroxylation sites is 3. The number of aliphatic hydroxyl groups excluding tert-OH is 1. The van der Waals surface area contributed by atoms with E-state index in [1.165, 1.54) is 0 Å². The smallest absolute Gasteiger partial charge is 0.227 e. The number of amides is 1. The van der Waals surface area contributed by atoms with Crippen LogP contribution in [0.25, 0.3) is 0 Å². The summed E-state index contributed by atoms with van der Waals surface area (Å²) >= 11 is 0. The Bertz CT molecular complexity index is 1030. The molecule has 1 aliphatic carbocycles. The van der Waals surface area contributed by atoms with Gasteiger partial charge in [-0.05, 0) is 42.9 Å². The highest BCUT2D eigenvalue weighted by atomic mass is 16.5. The Kier molecular flexibility index (Phi) is 6.89. The van der Waals surface area contributed by atoms with Crippen LogP contribution in [0.5, 0.6) is 5.75 Å². The molecular formula is C28H36N2O3. The number of fused-ring (bicyclic) bond motifs is 2. The van der Waals surface area contributed by atoms with Crippen molar-refractivity contribution in [2.24, 2.45) is 16.3 Å². The Hall–Kier alpha value is -2.66. The van der Waals surface area contributed by atoms with Crippen molar-refractivity contribution >= 4 is 23.0 Å². The molecule has 1 N–H and O–H groups in total. The SMILES string of the molecule is CCCCCC(=O)N1c2ccccc2N=C2CC(C)(C)C[C@@H](O)[C@@H]2[C@@H]1c1ccccc1OC. The third-order valence-corrected chi connectivity index (χ3v) is 6.96. The van der Waals surface area contributed by atoms with Crippen LogP contribution in [0.15, 0.2) is 53.5 Å². The first-order valence-electron chi connectivity index (χ1n) is 12.2. The van der Waals surface area contributed by atoms with E-state index in [0.29, 0.717) is 12.8 Å². The van der Waals surface area contributed by atoms with Crippen LogP contribution >= 0.6 is 0 Å². The normalized spacial score (nSPS) is 23.7. The number of rotatable bonds is 6. The fourth-order valence-electron chi connectivity index (χ4n) is 5.51. The molecule has 2 aromatic carbocycles. The van der Waals surface area contributed by atoms with Gasteiger partial charge in [-0.3, -0.25) is 9.79 Å². The van der Waals surface area contributed by atoms with Crippen LogP contribution in [0.4, 0.5) is 11.4 Å². The van der Waals surface area contributed by atoms with Crippen molar-refractivity contribution in [3.05, 3.63) is 54.1 Å². The average Bonchev–Trinajstić information content (AvgIpc) is 2.92. The third kappa shape index (κ3) is 4.70. The molecule has 176 valence electrons. The first-order valence-corrected chi connectivity index (χ1v) is 12.2. The quantitative estimate of drug-likeness (QED) is 0.533. The van der Waals surface area contributed by atoms with Crippen LogP contribution < -0.4 is 9.64 Å². The highest BCUT2D eigenvalue weighted by molar-refractivity contribution is 6.03. The molecule has 0 unspecified atom stereocenters. The number of carbonyl (C=O) groups excluding carboxylic acids is 1. The molecule has 33 heavy (non-hydrogen) atoms. The molecule has 5 nitrogen and oxygen atoms in total. The Morgan fingerprint density at radius 3 is 2.64 bits per heavy atom. The lowest BCUT2D eigenvalue weighted by Gasteiger charge is -2.45. The van der Waals surface area contributed by atoms with Crippen molar-refractivity contribution in [1.82, 2.24) is 0 Å². The lowest BCUT2D eigenvalue weighted by molar-refractivity contribution is -0.119. The minimum absolute atomic E-state index is 0.0602. The molecule has 1 heterocycles. The first-order chi connectivity index (χ1) is 15.9. The fourth-order valence-corrected chi connectivity index (χ4v) is 5.51. The lowest BCUT2D eigenvalue weighted by Crippen LogP contribution is -2.49. The summed E-state index contributed by atoms with van der Waals surface area (Å²) < 4.78 is 5.75. The number of aliphatic imine (C=N–C) groups is 1. The molecule has 3 atom stereocenters. The van der Waals surface area contributed by atoms with Crippen molar-refractivity contribution in [2.45, 2.75) is 71.4 Å². The first kappa shape index (κ1) is 23.5. The predicted molar refractivity (Wildman–Crippen MR) is 133 cm³/mol. The number of unbranched alkanes of at least 4 members (excludes halogenated alkanes) is 2. The van der Waals surface area contributed by atoms with Gasteiger partial charge in [-0.2, -0.15) is 0 Å². The largest absolute Gasteiger partial charge is 0.496 e. The Morgan fingerprint density at radius 2 is 1.88 bits per heavy atom. The third-order valence-electron chi connectivity index (χ3n) is 6.96. The Labute approximate surface area is 197 Å². The molecule has 1 amide bonds. The van der Waals surface area contributed by atoms with Crippen LogP contribution in [-0.4, -0.2) is 29.9 Å². The van der Waals surface area contributed by atoms with E-state index < -0.39 is 6.10 Å². The van der Waals surface area contributed by atoms with Crippen LogP contribution in [0.3, 0.4) is 0 Å². The van der Waals surface area contributed by atoms with Crippen LogP contribution in [0, 0.1) is 11.3 Å². The van der Waals surface area contributed by atoms with Crippen molar-refractivity contribution in [3.8, 4) is 5.75 Å². The van der Waals surface area contributed by atoms with Crippen LogP contribution in [0.1, 0.15) is 70.9 Å². The number of methoxy groups -OCH3 is 1. The topological polar surface area (TPSA) is 62.1 Å². The second kappa shape index (κ2) is 9.68. The van der Waals surface area contributed by atoms with E-state index in [1.807, 2.05) is 53.4 Å². The van der Waals surface area contributed by atoms with E-state index in [2.05, 4.69) is 20.8 Å². The molecule has 1 saturated carbocycles. The van der Waals surface area contributed by atoms with Gasteiger partial charge in [0.2, 0.25) is 5.91 Å². The zero-order valence-corrected chi connectivity index (χ0v) is 20.3. The monoisotopic (exact) mass is 448 g/mol. The van der Waals surface area contributed by atoms with Gasteiger partial charge in [0, 0.05) is 23.6 Å². The van der Waals surface area contributed by atoms with Crippen molar-refractivity contribution < 1.29 is 14.6 Å². The van der Waals surface area contributed by atoms with Gasteiger partial charge in [-0.15, -0.1) is 0 Å². The molecule has 0 saturated heterocycles. The predicted octanol–water partition coefficient (Wildman–Crippen LogP) is 6.23. The van der Waals surface area contributed by atoms with Crippen molar-refractivity contribution in [1.29, 1.82) is 0 Å². The molecule has 5 heteroatoms. The van der Waals surface area contributed by atoms with Crippen molar-refractivity contribution in [3.63, 3.8) is 0 Å². The van der Waals surface area contributed by atoms with Gasteiger partial charge in [0.15, 0.2) is 0 Å². The average molecular weight is 449 g/mol. The second-order valence-electron chi connectivity index (χ2n) is 10.1. The van der Waals surface area contributed by atoms with E-state index in [-0.39, 0.29) is 23.3 Å². The maximum Gasteiger partial charge on any atom is 0.227 e. The van der Waals surface area contributed by atoms with E-state index in [0.717, 1.165) is 54.1 Å². The summed E-state index contributed by atoms with van der Waals surface area (Å²) in [4.78, 5) is 20.8. The summed E-state index contributed by atoms with van der Waals surface area (Å²) in [6.45, 7) is 6.50. The molecule has 1 fully saturated rings. The molecule has 0 bridgehead atoms. The zero-order chi connectivity index (χ0) is 23.6. The number of benzene rings is 2. The Morgan fingerprint density at radius 1 is 1.15 bits per heavy atom. The lowest BCUT2D eigenvalue weighted by atomic mass is 9.67. The van der Waals surface area contributed by atoms with Crippen LogP contribution in [-0.2, 0) is 4.79 Å². The number of anilines is 1. The number of aliphatic hydroxyl groups is 1. The fraction of sp³-hybridized carbons (Fsp3) is 0.500. The highest BCUT2D eigenvalue weighted by Gasteiger charge is 2.48. The van der Waals surface area contributed by atoms with E-state index in [4.69, 9.17) is 9.73 Å². The number of hydrogen-bond acceptors (Lipinski definition) is 4. The molecule has 0 aromatic heterocycles. The molecule has 0 radical (unpaired) electrons. The second-order valence-corrected chi connectivity index (χ2v) is 10.1. The summed E-state index contributed by atoms with van der Waals surface area (Å²) in [5.41, 5.74) is 3.42. The van der Waals surface area contributed by atoms with Crippen LogP contribution in [0.2, 0.25) is 0 Å². The van der Waals surface area contributed by atoms with Gasteiger partial charge in [0.25, 0.3) is 0 Å². The number of carbonyl (C=O) groups is 1. The number of hydrogen-bond donors (Lipinski definition) is 1. The molecule has 2 aliphatic rings. The summed E-state index contributed by atoms with van der Waals surface area (Å²) in [5, 5.41) is 11.5. The molecule has 0 spiro atoms. The van der Waals surface area contributed by atoms with Gasteiger partial charge in [0.05, 0.1) is 30.6 Å². The summed E-state index contributed by atoms with van der Waals surface area (Å²) in [7, 11) is 1.66. The van der Waals surface area contributed by atoms with E-state index >= 15 is 0 Å². The zero-order valence-electron chi connectivity index (χ0n) is 20.3. The molecule has 4 rings (SSSR count). The van der Waals surface area contributed by atoms with E-state index in [9.17, 15) is 9.90 Å².